The van der Waals surface area contributed by atoms with E-state index in [1.54, 1.807) is 19.1 Å². The molecule has 2 amide bonds. The molecule has 2 aromatic rings. The molecule has 0 aromatic heterocycles. The highest BCUT2D eigenvalue weighted by molar-refractivity contribution is 6.22. The van der Waals surface area contributed by atoms with Crippen LogP contribution in [0.4, 0.5) is 8.78 Å². The lowest BCUT2D eigenvalue weighted by molar-refractivity contribution is -0.145. The van der Waals surface area contributed by atoms with Gasteiger partial charge in [-0.05, 0) is 25.1 Å². The summed E-state index contributed by atoms with van der Waals surface area (Å²) in [6, 6.07) is 10.6. The van der Waals surface area contributed by atoms with E-state index in [4.69, 9.17) is 9.47 Å². The molecule has 0 atom stereocenters. The third-order valence-corrected chi connectivity index (χ3v) is 4.12. The molecule has 2 aromatic carbocycles. The van der Waals surface area contributed by atoms with Crippen LogP contribution < -0.4 is 9.47 Å². The zero-order chi connectivity index (χ0) is 21.0. The molecule has 3 rings (SSSR count). The minimum absolute atomic E-state index is 0.0849. The second-order valence-corrected chi connectivity index (χ2v) is 5.96. The van der Waals surface area contributed by atoms with E-state index in [9.17, 15) is 23.2 Å². The lowest BCUT2D eigenvalue weighted by Gasteiger charge is -2.16. The quantitative estimate of drug-likeness (QED) is 0.496. The standard InChI is InChI=1S/C20H17F2NO6/c1-2-27-15-9-5-6-12(17(15)29-20(21)22)11-28-16(24)10-23-18(25)13-7-3-4-8-14(13)19(23)26/h3-9,20H,2,10-11H2,1H3. The van der Waals surface area contributed by atoms with Crippen molar-refractivity contribution in [1.82, 2.24) is 4.90 Å². The Morgan fingerprint density at radius 3 is 2.28 bits per heavy atom. The van der Waals surface area contributed by atoms with E-state index in [-0.39, 0.29) is 34.8 Å². The smallest absolute Gasteiger partial charge is 0.387 e. The van der Waals surface area contributed by atoms with Gasteiger partial charge in [0.1, 0.15) is 13.2 Å². The van der Waals surface area contributed by atoms with Crippen molar-refractivity contribution in [1.29, 1.82) is 0 Å². The van der Waals surface area contributed by atoms with Crippen LogP contribution in [0.3, 0.4) is 0 Å². The first-order chi connectivity index (χ1) is 13.9. The largest absolute Gasteiger partial charge is 0.490 e. The molecule has 9 heteroatoms. The average molecular weight is 405 g/mol. The van der Waals surface area contributed by atoms with Crippen LogP contribution in [0.1, 0.15) is 33.2 Å². The molecular formula is C20H17F2NO6. The van der Waals surface area contributed by atoms with Crippen LogP contribution in [-0.2, 0) is 16.1 Å². The molecule has 0 saturated heterocycles. The summed E-state index contributed by atoms with van der Waals surface area (Å²) < 4.78 is 40.3. The van der Waals surface area contributed by atoms with E-state index in [2.05, 4.69) is 4.74 Å². The van der Waals surface area contributed by atoms with Crippen molar-refractivity contribution in [2.24, 2.45) is 0 Å². The molecule has 0 radical (unpaired) electrons. The fourth-order valence-corrected chi connectivity index (χ4v) is 2.88. The minimum Gasteiger partial charge on any atom is -0.490 e. The van der Waals surface area contributed by atoms with Gasteiger partial charge in [0, 0.05) is 5.56 Å². The summed E-state index contributed by atoms with van der Waals surface area (Å²) in [5, 5.41) is 0. The van der Waals surface area contributed by atoms with Gasteiger partial charge in [0.05, 0.1) is 17.7 Å². The van der Waals surface area contributed by atoms with Crippen LogP contribution in [0.15, 0.2) is 42.5 Å². The van der Waals surface area contributed by atoms with E-state index in [1.807, 2.05) is 0 Å². The monoisotopic (exact) mass is 405 g/mol. The zero-order valence-electron chi connectivity index (χ0n) is 15.4. The molecule has 7 nitrogen and oxygen atoms in total. The third kappa shape index (κ3) is 4.34. The van der Waals surface area contributed by atoms with Gasteiger partial charge < -0.3 is 14.2 Å². The minimum atomic E-state index is -3.09. The highest BCUT2D eigenvalue weighted by atomic mass is 19.3. The molecule has 0 saturated carbocycles. The van der Waals surface area contributed by atoms with Crippen molar-refractivity contribution in [3.63, 3.8) is 0 Å². The van der Waals surface area contributed by atoms with Crippen LogP contribution in [0.5, 0.6) is 11.5 Å². The van der Waals surface area contributed by atoms with Gasteiger partial charge in [-0.1, -0.05) is 24.3 Å². The summed E-state index contributed by atoms with van der Waals surface area (Å²) in [6.45, 7) is -2.18. The van der Waals surface area contributed by atoms with Crippen molar-refractivity contribution in [2.75, 3.05) is 13.2 Å². The third-order valence-electron chi connectivity index (χ3n) is 4.12. The SMILES string of the molecule is CCOc1cccc(COC(=O)CN2C(=O)c3ccccc3C2=O)c1OC(F)F. The molecule has 29 heavy (non-hydrogen) atoms. The molecule has 0 spiro atoms. The molecule has 0 fully saturated rings. The number of esters is 1. The average Bonchev–Trinajstić information content (AvgIpc) is 2.93. The lowest BCUT2D eigenvalue weighted by atomic mass is 10.1. The highest BCUT2D eigenvalue weighted by Crippen LogP contribution is 2.33. The highest BCUT2D eigenvalue weighted by Gasteiger charge is 2.36. The number of nitrogens with zero attached hydrogens (tertiary/aromatic N) is 1. The summed E-state index contributed by atoms with van der Waals surface area (Å²) in [6.07, 6.45) is 0. The van der Waals surface area contributed by atoms with Gasteiger partial charge in [-0.15, -0.1) is 0 Å². The number of alkyl halides is 2. The van der Waals surface area contributed by atoms with Gasteiger partial charge in [-0.3, -0.25) is 19.3 Å². The molecule has 1 aliphatic heterocycles. The van der Waals surface area contributed by atoms with Crippen LogP contribution in [0.25, 0.3) is 0 Å². The first kappa shape index (κ1) is 20.2. The van der Waals surface area contributed by atoms with Crippen molar-refractivity contribution in [3.05, 3.63) is 59.2 Å². The maximum Gasteiger partial charge on any atom is 0.387 e. The normalized spacial score (nSPS) is 12.9. The first-order valence-corrected chi connectivity index (χ1v) is 8.72. The number of amides is 2. The Morgan fingerprint density at radius 2 is 1.69 bits per heavy atom. The predicted octanol–water partition coefficient (Wildman–Crippen LogP) is 3.03. The fraction of sp³-hybridized carbons (Fsp3) is 0.250. The van der Waals surface area contributed by atoms with Crippen molar-refractivity contribution in [2.45, 2.75) is 20.1 Å². The fourth-order valence-electron chi connectivity index (χ4n) is 2.88. The first-order valence-electron chi connectivity index (χ1n) is 8.72. The summed E-state index contributed by atoms with van der Waals surface area (Å²) in [7, 11) is 0. The lowest BCUT2D eigenvalue weighted by Crippen LogP contribution is -2.35. The van der Waals surface area contributed by atoms with E-state index in [1.165, 1.54) is 30.3 Å². The van der Waals surface area contributed by atoms with Crippen LogP contribution in [-0.4, -0.2) is 42.4 Å². The number of benzene rings is 2. The molecule has 0 bridgehead atoms. The Bertz CT molecular complexity index is 911. The second kappa shape index (κ2) is 8.68. The Balaban J connectivity index is 1.68. The number of hydrogen-bond acceptors (Lipinski definition) is 6. The number of halogens is 2. The summed E-state index contributed by atoms with van der Waals surface area (Å²) >= 11 is 0. The van der Waals surface area contributed by atoms with Gasteiger partial charge in [-0.2, -0.15) is 8.78 Å². The number of imide groups is 1. The van der Waals surface area contributed by atoms with Crippen LogP contribution >= 0.6 is 0 Å². The second-order valence-electron chi connectivity index (χ2n) is 5.96. The van der Waals surface area contributed by atoms with Gasteiger partial charge in [0.2, 0.25) is 0 Å². The number of ether oxygens (including phenoxy) is 3. The maximum absolute atomic E-state index is 12.7. The van der Waals surface area contributed by atoms with Crippen molar-refractivity contribution >= 4 is 17.8 Å². The van der Waals surface area contributed by atoms with Crippen LogP contribution in [0, 0.1) is 0 Å². The summed E-state index contributed by atoms with van der Waals surface area (Å²) in [5.41, 5.74) is 0.580. The Kier molecular flexibility index (Phi) is 6.06. The van der Waals surface area contributed by atoms with E-state index in [0.717, 1.165) is 4.90 Å². The van der Waals surface area contributed by atoms with E-state index in [0.29, 0.717) is 0 Å². The van der Waals surface area contributed by atoms with Crippen LogP contribution in [0.2, 0.25) is 0 Å². The summed E-state index contributed by atoms with van der Waals surface area (Å²) in [5.74, 6) is -2.21. The van der Waals surface area contributed by atoms with E-state index < -0.39 is 37.5 Å². The van der Waals surface area contributed by atoms with Crippen molar-refractivity contribution in [3.8, 4) is 11.5 Å². The number of fused-ring (bicyclic) bond motifs is 1. The zero-order valence-corrected chi connectivity index (χ0v) is 15.4. The molecule has 152 valence electrons. The van der Waals surface area contributed by atoms with E-state index >= 15 is 0 Å². The van der Waals surface area contributed by atoms with Gasteiger partial charge in [0.15, 0.2) is 11.5 Å². The van der Waals surface area contributed by atoms with Gasteiger partial charge in [0.25, 0.3) is 11.8 Å². The van der Waals surface area contributed by atoms with Gasteiger partial charge >= 0.3 is 12.6 Å². The number of carbonyl (C=O) groups excluding carboxylic acids is 3. The number of rotatable bonds is 8. The summed E-state index contributed by atoms with van der Waals surface area (Å²) in [4.78, 5) is 37.5. The molecule has 0 N–H and O–H groups in total. The molecule has 1 heterocycles. The van der Waals surface area contributed by atoms with Gasteiger partial charge in [-0.25, -0.2) is 0 Å². The Labute approximate surface area is 164 Å². The number of carbonyl (C=O) groups is 3. The molecular weight excluding hydrogens is 388 g/mol. The Morgan fingerprint density at radius 1 is 1.03 bits per heavy atom. The molecule has 0 unspecified atom stereocenters. The maximum atomic E-state index is 12.7. The number of para-hydroxylation sites is 1. The Hall–Kier alpha value is -3.49. The number of hydrogen-bond donors (Lipinski definition) is 0. The van der Waals surface area contributed by atoms with Crippen molar-refractivity contribution < 1.29 is 37.4 Å². The predicted molar refractivity (Wildman–Crippen MR) is 95.8 cm³/mol. The molecule has 1 aliphatic rings. The topological polar surface area (TPSA) is 82.1 Å². The molecule has 0 aliphatic carbocycles.